The first kappa shape index (κ1) is 26.2. The lowest BCUT2D eigenvalue weighted by atomic mass is 10.1. The van der Waals surface area contributed by atoms with Gasteiger partial charge in [0, 0.05) is 12.8 Å². The highest BCUT2D eigenvalue weighted by molar-refractivity contribution is 5.85. The molecule has 170 valence electrons. The van der Waals surface area contributed by atoms with Gasteiger partial charge >= 0.3 is 5.97 Å². The lowest BCUT2D eigenvalue weighted by molar-refractivity contribution is -0.141. The van der Waals surface area contributed by atoms with Crippen molar-refractivity contribution in [2.75, 3.05) is 26.2 Å². The number of amides is 1. The van der Waals surface area contributed by atoms with E-state index in [1.165, 1.54) is 32.4 Å². The first-order chi connectivity index (χ1) is 14.1. The maximum Gasteiger partial charge on any atom is 0.326 e. The molecule has 1 saturated heterocycles. The van der Waals surface area contributed by atoms with Crippen LogP contribution in [0.3, 0.4) is 0 Å². The Morgan fingerprint density at radius 2 is 1.80 bits per heavy atom. The van der Waals surface area contributed by atoms with Crippen molar-refractivity contribution >= 4 is 24.3 Å². The van der Waals surface area contributed by atoms with Crippen LogP contribution in [-0.2, 0) is 16.0 Å². The molecule has 0 spiro atoms. The number of likely N-dealkylation sites (tertiary alicyclic amines) is 1. The molecule has 30 heavy (non-hydrogen) atoms. The topological polar surface area (TPSA) is 78.9 Å². The Hall–Kier alpha value is -1.79. The zero-order chi connectivity index (χ0) is 20.9. The third-order valence-electron chi connectivity index (χ3n) is 5.34. The average Bonchev–Trinajstić information content (AvgIpc) is 2.73. The number of nitrogens with one attached hydrogen (secondary N) is 1. The van der Waals surface area contributed by atoms with Gasteiger partial charge in [-0.2, -0.15) is 0 Å². The van der Waals surface area contributed by atoms with Gasteiger partial charge in [0.2, 0.25) is 5.91 Å². The van der Waals surface area contributed by atoms with Crippen molar-refractivity contribution < 1.29 is 19.4 Å². The number of piperidine rings is 1. The van der Waals surface area contributed by atoms with Crippen LogP contribution >= 0.6 is 12.4 Å². The van der Waals surface area contributed by atoms with E-state index in [4.69, 9.17) is 4.74 Å². The van der Waals surface area contributed by atoms with Crippen LogP contribution in [0.5, 0.6) is 5.75 Å². The summed E-state index contributed by atoms with van der Waals surface area (Å²) in [5.74, 6) is -0.418. The zero-order valence-corrected chi connectivity index (χ0v) is 18.9. The van der Waals surface area contributed by atoms with Crippen LogP contribution in [0.15, 0.2) is 24.3 Å². The van der Waals surface area contributed by atoms with E-state index in [1.54, 1.807) is 0 Å². The van der Waals surface area contributed by atoms with Crippen molar-refractivity contribution in [3.8, 4) is 5.75 Å². The fourth-order valence-corrected chi connectivity index (χ4v) is 3.57. The van der Waals surface area contributed by atoms with E-state index >= 15 is 0 Å². The summed E-state index contributed by atoms with van der Waals surface area (Å²) >= 11 is 0. The van der Waals surface area contributed by atoms with Crippen molar-refractivity contribution in [3.05, 3.63) is 29.8 Å². The minimum absolute atomic E-state index is 0. The average molecular weight is 441 g/mol. The lowest BCUT2D eigenvalue weighted by Crippen LogP contribution is -2.42. The van der Waals surface area contributed by atoms with Crippen molar-refractivity contribution in [1.82, 2.24) is 10.2 Å². The number of carbonyl (C=O) groups excluding carboxylic acids is 1. The van der Waals surface area contributed by atoms with Gasteiger partial charge < -0.3 is 20.1 Å². The quantitative estimate of drug-likeness (QED) is 0.452. The highest BCUT2D eigenvalue weighted by Crippen LogP contribution is 2.15. The standard InChI is InChI=1S/C23H36N2O4.ClH/c1-2-3-9-22(26)24-21(23(27)28)18-19-10-12-20(13-11-19)29-17-8-7-16-25-14-5-4-6-15-25;/h10-13,21H,2-9,14-18H2,1H3,(H,24,26)(H,27,28);1H. The van der Waals surface area contributed by atoms with Crippen LogP contribution in [-0.4, -0.2) is 54.2 Å². The van der Waals surface area contributed by atoms with Gasteiger partial charge in [-0.3, -0.25) is 4.79 Å². The van der Waals surface area contributed by atoms with Crippen LogP contribution in [0, 0.1) is 0 Å². The van der Waals surface area contributed by atoms with Crippen LogP contribution in [0.1, 0.15) is 63.9 Å². The minimum atomic E-state index is -1.01. The number of rotatable bonds is 13. The van der Waals surface area contributed by atoms with Gasteiger partial charge in [0.15, 0.2) is 0 Å². The van der Waals surface area contributed by atoms with Gasteiger partial charge in [0.05, 0.1) is 6.61 Å². The Bertz CT molecular complexity index is 618. The Morgan fingerprint density at radius 1 is 1.10 bits per heavy atom. The van der Waals surface area contributed by atoms with Crippen LogP contribution in [0.25, 0.3) is 0 Å². The summed E-state index contributed by atoms with van der Waals surface area (Å²) < 4.78 is 5.81. The number of carboxylic acids is 1. The first-order valence-electron chi connectivity index (χ1n) is 11.0. The number of benzene rings is 1. The van der Waals surface area contributed by atoms with Gasteiger partial charge in [-0.25, -0.2) is 4.79 Å². The molecule has 1 aromatic carbocycles. The van der Waals surface area contributed by atoms with Gasteiger partial charge in [-0.15, -0.1) is 12.4 Å². The van der Waals surface area contributed by atoms with Gasteiger partial charge in [-0.05, 0) is 69.4 Å². The monoisotopic (exact) mass is 440 g/mol. The van der Waals surface area contributed by atoms with Crippen molar-refractivity contribution in [3.63, 3.8) is 0 Å². The van der Waals surface area contributed by atoms with E-state index in [0.717, 1.165) is 43.5 Å². The van der Waals surface area contributed by atoms with Crippen molar-refractivity contribution in [2.45, 2.75) is 70.8 Å². The summed E-state index contributed by atoms with van der Waals surface area (Å²) in [4.78, 5) is 25.8. The molecule has 1 heterocycles. The summed E-state index contributed by atoms with van der Waals surface area (Å²) in [6.07, 6.45) is 8.51. The molecule has 0 saturated carbocycles. The van der Waals surface area contributed by atoms with E-state index in [-0.39, 0.29) is 24.7 Å². The van der Waals surface area contributed by atoms with Gasteiger partial charge in [-0.1, -0.05) is 31.9 Å². The fraction of sp³-hybridized carbons (Fsp3) is 0.652. The molecular formula is C23H37ClN2O4. The van der Waals surface area contributed by atoms with Crippen LogP contribution in [0.4, 0.5) is 0 Å². The number of hydrogen-bond donors (Lipinski definition) is 2. The largest absolute Gasteiger partial charge is 0.494 e. The number of carboxylic acid groups (broad SMARTS) is 1. The second-order valence-corrected chi connectivity index (χ2v) is 7.87. The van der Waals surface area contributed by atoms with E-state index in [0.29, 0.717) is 13.0 Å². The molecular weight excluding hydrogens is 404 g/mol. The molecule has 0 aliphatic carbocycles. The molecule has 1 fully saturated rings. The molecule has 1 atom stereocenters. The normalized spacial score (nSPS) is 15.1. The predicted molar refractivity (Wildman–Crippen MR) is 122 cm³/mol. The van der Waals surface area contributed by atoms with E-state index in [2.05, 4.69) is 10.2 Å². The number of carbonyl (C=O) groups is 2. The Labute approximate surface area is 186 Å². The van der Waals surface area contributed by atoms with Crippen molar-refractivity contribution in [1.29, 1.82) is 0 Å². The summed E-state index contributed by atoms with van der Waals surface area (Å²) in [6.45, 7) is 6.32. The van der Waals surface area contributed by atoms with Gasteiger partial charge in [0.1, 0.15) is 11.8 Å². The molecule has 2 N–H and O–H groups in total. The predicted octanol–water partition coefficient (Wildman–Crippen LogP) is 4.06. The maximum atomic E-state index is 11.8. The molecule has 0 aromatic heterocycles. The molecule has 0 bridgehead atoms. The molecule has 2 rings (SSSR count). The third kappa shape index (κ3) is 10.3. The number of hydrogen-bond acceptors (Lipinski definition) is 4. The van der Waals surface area contributed by atoms with E-state index in [9.17, 15) is 14.7 Å². The molecule has 1 amide bonds. The maximum absolute atomic E-state index is 11.8. The molecule has 6 nitrogen and oxygen atoms in total. The lowest BCUT2D eigenvalue weighted by Gasteiger charge is -2.26. The highest BCUT2D eigenvalue weighted by Gasteiger charge is 2.20. The summed E-state index contributed by atoms with van der Waals surface area (Å²) in [5, 5.41) is 12.0. The Morgan fingerprint density at radius 3 is 2.43 bits per heavy atom. The fourth-order valence-electron chi connectivity index (χ4n) is 3.57. The second-order valence-electron chi connectivity index (χ2n) is 7.87. The SMILES string of the molecule is CCCCC(=O)NC(Cc1ccc(OCCCCN2CCCCC2)cc1)C(=O)O.Cl. The minimum Gasteiger partial charge on any atom is -0.494 e. The number of halogens is 1. The summed E-state index contributed by atoms with van der Waals surface area (Å²) in [7, 11) is 0. The van der Waals surface area contributed by atoms with Crippen LogP contribution < -0.4 is 10.1 Å². The smallest absolute Gasteiger partial charge is 0.326 e. The molecule has 1 unspecified atom stereocenters. The second kappa shape index (κ2) is 15.1. The molecule has 0 radical (unpaired) electrons. The van der Waals surface area contributed by atoms with Gasteiger partial charge in [0.25, 0.3) is 0 Å². The highest BCUT2D eigenvalue weighted by atomic mass is 35.5. The molecule has 1 aromatic rings. The third-order valence-corrected chi connectivity index (χ3v) is 5.34. The molecule has 1 aliphatic heterocycles. The number of nitrogens with zero attached hydrogens (tertiary/aromatic N) is 1. The number of ether oxygens (including phenoxy) is 1. The zero-order valence-electron chi connectivity index (χ0n) is 18.1. The van der Waals surface area contributed by atoms with Crippen molar-refractivity contribution in [2.24, 2.45) is 0 Å². The summed E-state index contributed by atoms with van der Waals surface area (Å²) in [5.41, 5.74) is 0.866. The number of aliphatic carboxylic acids is 1. The summed E-state index contributed by atoms with van der Waals surface area (Å²) in [6, 6.07) is 6.59. The number of unbranched alkanes of at least 4 members (excludes halogenated alkanes) is 2. The van der Waals surface area contributed by atoms with E-state index in [1.807, 2.05) is 31.2 Å². The molecule has 1 aliphatic rings. The Balaban J connectivity index is 0.00000450. The first-order valence-corrected chi connectivity index (χ1v) is 11.0. The molecule has 7 heteroatoms. The van der Waals surface area contributed by atoms with E-state index < -0.39 is 12.0 Å². The Kier molecular flexibility index (Phi) is 13.2. The van der Waals surface area contributed by atoms with Crippen LogP contribution in [0.2, 0.25) is 0 Å².